The summed E-state index contributed by atoms with van der Waals surface area (Å²) >= 11 is 1.63. The summed E-state index contributed by atoms with van der Waals surface area (Å²) in [5.41, 5.74) is 1.13. The van der Waals surface area contributed by atoms with Gasteiger partial charge in [-0.15, -0.1) is 0 Å². The normalized spacial score (nSPS) is 11.9. The molecule has 0 fully saturated rings. The van der Waals surface area contributed by atoms with Crippen molar-refractivity contribution in [2.75, 3.05) is 20.3 Å². The number of ether oxygens (including phenoxy) is 2. The van der Waals surface area contributed by atoms with Gasteiger partial charge in [0.1, 0.15) is 5.75 Å². The first kappa shape index (κ1) is 16.5. The Morgan fingerprint density at radius 3 is 2.68 bits per heavy atom. The van der Waals surface area contributed by atoms with Crippen LogP contribution < -0.4 is 4.74 Å². The van der Waals surface area contributed by atoms with Gasteiger partial charge in [0, 0.05) is 20.2 Å². The molecule has 1 aromatic heterocycles. The summed E-state index contributed by atoms with van der Waals surface area (Å²) in [6, 6.07) is 11.4. The van der Waals surface area contributed by atoms with E-state index < -0.39 is 6.10 Å². The van der Waals surface area contributed by atoms with E-state index in [0.717, 1.165) is 5.56 Å². The predicted octanol–water partition coefficient (Wildman–Crippen LogP) is 3.19. The zero-order valence-electron chi connectivity index (χ0n) is 12.9. The Morgan fingerprint density at radius 1 is 1.27 bits per heavy atom. The topological polar surface area (TPSA) is 38.8 Å². The number of nitrogens with zero attached hydrogens (tertiary/aromatic N) is 1. The van der Waals surface area contributed by atoms with Gasteiger partial charge in [0.05, 0.1) is 6.61 Å². The summed E-state index contributed by atoms with van der Waals surface area (Å²) in [7, 11) is 1.64. The molecule has 0 saturated carbocycles. The molecule has 5 heteroatoms. The van der Waals surface area contributed by atoms with Gasteiger partial charge >= 0.3 is 0 Å². The van der Waals surface area contributed by atoms with Gasteiger partial charge in [0.25, 0.3) is 5.91 Å². The highest BCUT2D eigenvalue weighted by atomic mass is 32.1. The van der Waals surface area contributed by atoms with Crippen molar-refractivity contribution in [2.24, 2.45) is 0 Å². The van der Waals surface area contributed by atoms with Gasteiger partial charge in [-0.25, -0.2) is 0 Å². The van der Waals surface area contributed by atoms with Gasteiger partial charge in [-0.05, 0) is 41.4 Å². The lowest BCUT2D eigenvalue weighted by Crippen LogP contribution is -2.41. The summed E-state index contributed by atoms with van der Waals surface area (Å²) in [6.45, 7) is 3.42. The molecule has 22 heavy (non-hydrogen) atoms. The predicted molar refractivity (Wildman–Crippen MR) is 88.1 cm³/mol. The third kappa shape index (κ3) is 4.86. The molecule has 0 saturated heterocycles. The maximum absolute atomic E-state index is 12.6. The molecule has 0 aliphatic heterocycles. The quantitative estimate of drug-likeness (QED) is 0.750. The molecule has 0 aliphatic rings. The fourth-order valence-electron chi connectivity index (χ4n) is 2.08. The number of benzene rings is 1. The number of carbonyl (C=O) groups excluding carboxylic acids is 1. The minimum absolute atomic E-state index is 0.0351. The van der Waals surface area contributed by atoms with Crippen LogP contribution in [0.25, 0.3) is 0 Å². The molecule has 1 amide bonds. The third-order valence-corrected chi connectivity index (χ3v) is 3.97. The fraction of sp³-hybridized carbons (Fsp3) is 0.353. The van der Waals surface area contributed by atoms with E-state index in [1.165, 1.54) is 0 Å². The molecular weight excluding hydrogens is 298 g/mol. The Balaban J connectivity index is 2.00. The number of hydrogen-bond acceptors (Lipinski definition) is 4. The molecule has 4 nitrogen and oxygen atoms in total. The van der Waals surface area contributed by atoms with Crippen molar-refractivity contribution in [1.29, 1.82) is 0 Å². The molecule has 0 radical (unpaired) electrons. The second-order valence-corrected chi connectivity index (χ2v) is 5.74. The Bertz CT molecular complexity index is 557. The summed E-state index contributed by atoms with van der Waals surface area (Å²) < 4.78 is 10.8. The SMILES string of the molecule is COCCN(Cc1ccsc1)C(=O)C(C)Oc1ccccc1. The highest BCUT2D eigenvalue weighted by molar-refractivity contribution is 7.07. The van der Waals surface area contributed by atoms with Crippen LogP contribution in [0.4, 0.5) is 0 Å². The molecule has 0 spiro atoms. The van der Waals surface area contributed by atoms with Crippen LogP contribution in [0, 0.1) is 0 Å². The Kier molecular flexibility index (Phi) is 6.43. The highest BCUT2D eigenvalue weighted by Crippen LogP contribution is 2.14. The van der Waals surface area contributed by atoms with Crippen LogP contribution in [0.5, 0.6) is 5.75 Å². The molecule has 0 N–H and O–H groups in total. The van der Waals surface area contributed by atoms with E-state index in [4.69, 9.17) is 9.47 Å². The van der Waals surface area contributed by atoms with E-state index in [-0.39, 0.29) is 5.91 Å². The lowest BCUT2D eigenvalue weighted by molar-refractivity contribution is -0.139. The summed E-state index contributed by atoms with van der Waals surface area (Å²) in [5.74, 6) is 0.665. The van der Waals surface area contributed by atoms with Gasteiger partial charge in [-0.2, -0.15) is 11.3 Å². The van der Waals surface area contributed by atoms with Crippen molar-refractivity contribution >= 4 is 17.2 Å². The number of rotatable bonds is 8. The van der Waals surface area contributed by atoms with E-state index in [2.05, 4.69) is 5.38 Å². The molecule has 1 unspecified atom stereocenters. The van der Waals surface area contributed by atoms with Crippen LogP contribution in [0.2, 0.25) is 0 Å². The van der Waals surface area contributed by atoms with Crippen molar-refractivity contribution in [2.45, 2.75) is 19.6 Å². The van der Waals surface area contributed by atoms with Crippen LogP contribution in [0.3, 0.4) is 0 Å². The molecule has 1 heterocycles. The van der Waals surface area contributed by atoms with Gasteiger partial charge in [0.15, 0.2) is 6.10 Å². The van der Waals surface area contributed by atoms with Crippen molar-refractivity contribution < 1.29 is 14.3 Å². The first-order valence-corrected chi connectivity index (χ1v) is 8.15. The van der Waals surface area contributed by atoms with Crippen molar-refractivity contribution in [3.8, 4) is 5.75 Å². The average molecular weight is 319 g/mol. The molecule has 2 aromatic rings. The van der Waals surface area contributed by atoms with Crippen molar-refractivity contribution in [3.63, 3.8) is 0 Å². The molecule has 1 aromatic carbocycles. The van der Waals surface area contributed by atoms with Crippen LogP contribution in [-0.4, -0.2) is 37.2 Å². The smallest absolute Gasteiger partial charge is 0.263 e. The standard InChI is InChI=1S/C17H21NO3S/c1-14(21-16-6-4-3-5-7-16)17(19)18(9-10-20-2)12-15-8-11-22-13-15/h3-8,11,13-14H,9-10,12H2,1-2H3. The summed E-state index contributed by atoms with van der Waals surface area (Å²) in [6.07, 6.45) is -0.530. The first-order chi connectivity index (χ1) is 10.7. The molecule has 118 valence electrons. The van der Waals surface area contributed by atoms with E-state index in [1.807, 2.05) is 41.8 Å². The largest absolute Gasteiger partial charge is 0.481 e. The van der Waals surface area contributed by atoms with Crippen LogP contribution >= 0.6 is 11.3 Å². The van der Waals surface area contributed by atoms with Gasteiger partial charge in [0.2, 0.25) is 0 Å². The van der Waals surface area contributed by atoms with E-state index in [0.29, 0.717) is 25.4 Å². The number of methoxy groups -OCH3 is 1. The lowest BCUT2D eigenvalue weighted by Gasteiger charge is -2.25. The maximum Gasteiger partial charge on any atom is 0.263 e. The molecule has 0 aliphatic carbocycles. The zero-order chi connectivity index (χ0) is 15.8. The second kappa shape index (κ2) is 8.56. The third-order valence-electron chi connectivity index (χ3n) is 3.23. The van der Waals surface area contributed by atoms with E-state index in [9.17, 15) is 4.79 Å². The molecule has 1 atom stereocenters. The van der Waals surface area contributed by atoms with Crippen LogP contribution in [0.15, 0.2) is 47.2 Å². The molecular formula is C17H21NO3S. The number of thiophene rings is 1. The number of carbonyl (C=O) groups is 1. The molecule has 2 rings (SSSR count). The van der Waals surface area contributed by atoms with E-state index in [1.54, 1.807) is 30.3 Å². The van der Waals surface area contributed by atoms with Crippen LogP contribution in [0.1, 0.15) is 12.5 Å². The summed E-state index contributed by atoms with van der Waals surface area (Å²) in [4.78, 5) is 14.4. The Labute approximate surface area is 135 Å². The fourth-order valence-corrected chi connectivity index (χ4v) is 2.74. The van der Waals surface area contributed by atoms with E-state index >= 15 is 0 Å². The second-order valence-electron chi connectivity index (χ2n) is 4.96. The van der Waals surface area contributed by atoms with Crippen LogP contribution in [-0.2, 0) is 16.1 Å². The minimum atomic E-state index is -0.530. The average Bonchev–Trinajstić information content (AvgIpc) is 3.04. The zero-order valence-corrected chi connectivity index (χ0v) is 13.7. The Morgan fingerprint density at radius 2 is 2.05 bits per heavy atom. The number of hydrogen-bond donors (Lipinski definition) is 0. The highest BCUT2D eigenvalue weighted by Gasteiger charge is 2.22. The monoisotopic (exact) mass is 319 g/mol. The minimum Gasteiger partial charge on any atom is -0.481 e. The van der Waals surface area contributed by atoms with Crippen molar-refractivity contribution in [1.82, 2.24) is 4.90 Å². The maximum atomic E-state index is 12.6. The van der Waals surface area contributed by atoms with Crippen molar-refractivity contribution in [3.05, 3.63) is 52.7 Å². The first-order valence-electron chi connectivity index (χ1n) is 7.21. The number of amides is 1. The van der Waals surface area contributed by atoms with Gasteiger partial charge in [-0.1, -0.05) is 18.2 Å². The Hall–Kier alpha value is -1.85. The molecule has 0 bridgehead atoms. The van der Waals surface area contributed by atoms with Gasteiger partial charge in [-0.3, -0.25) is 4.79 Å². The lowest BCUT2D eigenvalue weighted by atomic mass is 10.2. The summed E-state index contributed by atoms with van der Waals surface area (Å²) in [5, 5.41) is 4.06. The number of para-hydroxylation sites is 1. The van der Waals surface area contributed by atoms with Gasteiger partial charge < -0.3 is 14.4 Å².